The van der Waals surface area contributed by atoms with Crippen molar-refractivity contribution >= 4 is 42.0 Å². The lowest BCUT2D eigenvalue weighted by Gasteiger charge is -2.32. The molecule has 0 atom stereocenters. The zero-order valence-corrected chi connectivity index (χ0v) is 16.7. The van der Waals surface area contributed by atoms with Crippen LogP contribution >= 0.6 is 36.2 Å². The molecule has 2 heterocycles. The van der Waals surface area contributed by atoms with Crippen molar-refractivity contribution in [1.29, 1.82) is 0 Å². The molecule has 7 nitrogen and oxygen atoms in total. The summed E-state index contributed by atoms with van der Waals surface area (Å²) < 4.78 is 5.17. The van der Waals surface area contributed by atoms with Gasteiger partial charge < -0.3 is 15.8 Å². The highest BCUT2D eigenvalue weighted by Gasteiger charge is 2.29. The number of hydrogen-bond donors (Lipinski definition) is 2. The number of nitrogens with zero attached hydrogens (tertiary/aromatic N) is 4. The molecule has 0 spiro atoms. The molecule has 2 aromatic rings. The number of hydrogen-bond acceptors (Lipinski definition) is 8. The first-order chi connectivity index (χ1) is 11.2. The molecule has 0 amide bonds. The molecular weight excluding hydrogens is 383 g/mol. The maximum Gasteiger partial charge on any atom is 0.156 e. The summed E-state index contributed by atoms with van der Waals surface area (Å²) in [6, 6.07) is 2.31. The Balaban J connectivity index is 0.00000156. The lowest BCUT2D eigenvalue weighted by atomic mass is 9.78. The van der Waals surface area contributed by atoms with Crippen molar-refractivity contribution in [1.82, 2.24) is 20.2 Å². The highest BCUT2D eigenvalue weighted by atomic mass is 35.5. The minimum Gasteiger partial charge on any atom is -0.377 e. The van der Waals surface area contributed by atoms with Gasteiger partial charge in [-0.2, -0.15) is 0 Å². The van der Waals surface area contributed by atoms with Gasteiger partial charge in [0.25, 0.3) is 0 Å². The highest BCUT2D eigenvalue weighted by Crippen LogP contribution is 2.35. The van der Waals surface area contributed by atoms with Crippen LogP contribution in [0.1, 0.15) is 47.2 Å². The molecule has 25 heavy (non-hydrogen) atoms. The lowest BCUT2D eigenvalue weighted by molar-refractivity contribution is 0.177. The molecule has 0 bridgehead atoms. The molecule has 1 aliphatic carbocycles. The minimum atomic E-state index is 0. The van der Waals surface area contributed by atoms with Crippen LogP contribution in [0.2, 0.25) is 0 Å². The second-order valence-corrected chi connectivity index (χ2v) is 6.90. The van der Waals surface area contributed by atoms with Gasteiger partial charge in [-0.05, 0) is 19.3 Å². The maximum atomic E-state index is 5.89. The van der Waals surface area contributed by atoms with Gasteiger partial charge >= 0.3 is 0 Å². The van der Waals surface area contributed by atoms with E-state index in [0.717, 1.165) is 40.8 Å². The number of methoxy groups -OCH3 is 1. The number of nitrogens with one attached hydrogen (secondary N) is 1. The van der Waals surface area contributed by atoms with E-state index in [0.29, 0.717) is 30.9 Å². The molecule has 140 valence electrons. The fourth-order valence-electron chi connectivity index (χ4n) is 2.58. The molecule has 0 radical (unpaired) electrons. The van der Waals surface area contributed by atoms with Gasteiger partial charge in [-0.15, -0.1) is 35.0 Å². The van der Waals surface area contributed by atoms with Crippen LogP contribution in [0.5, 0.6) is 0 Å². The van der Waals surface area contributed by atoms with E-state index in [9.17, 15) is 0 Å². The van der Waals surface area contributed by atoms with Crippen LogP contribution in [0.4, 0.5) is 5.82 Å². The molecule has 0 saturated heterocycles. The van der Waals surface area contributed by atoms with E-state index in [2.05, 4.69) is 32.4 Å². The van der Waals surface area contributed by atoms with Crippen LogP contribution in [0.3, 0.4) is 0 Å². The SMILES string of the molecule is CCc1nnc(CNc2cc(C3CC(N)C3)nc(COC)n2)s1.Cl.Cl. The molecule has 10 heteroatoms. The molecule has 0 unspecified atom stereocenters. The zero-order chi connectivity index (χ0) is 16.2. The second-order valence-electron chi connectivity index (χ2n) is 5.75. The fraction of sp³-hybridized carbons (Fsp3) is 0.600. The zero-order valence-electron chi connectivity index (χ0n) is 14.3. The van der Waals surface area contributed by atoms with Gasteiger partial charge in [0, 0.05) is 30.8 Å². The number of aromatic nitrogens is 4. The Morgan fingerprint density at radius 3 is 2.56 bits per heavy atom. The number of anilines is 1. The van der Waals surface area contributed by atoms with Crippen molar-refractivity contribution < 1.29 is 4.74 Å². The Morgan fingerprint density at radius 2 is 1.96 bits per heavy atom. The third kappa shape index (κ3) is 5.72. The monoisotopic (exact) mass is 406 g/mol. The first-order valence-corrected chi connectivity index (χ1v) is 8.67. The quantitative estimate of drug-likeness (QED) is 0.728. The summed E-state index contributed by atoms with van der Waals surface area (Å²) in [7, 11) is 1.65. The average molecular weight is 407 g/mol. The van der Waals surface area contributed by atoms with Gasteiger partial charge in [-0.1, -0.05) is 18.3 Å². The van der Waals surface area contributed by atoms with Crippen molar-refractivity contribution in [2.24, 2.45) is 5.73 Å². The predicted octanol–water partition coefficient (Wildman–Crippen LogP) is 2.70. The van der Waals surface area contributed by atoms with Gasteiger partial charge in [0.05, 0.1) is 6.54 Å². The smallest absolute Gasteiger partial charge is 0.156 e. The summed E-state index contributed by atoms with van der Waals surface area (Å²) in [6.45, 7) is 3.10. The lowest BCUT2D eigenvalue weighted by Crippen LogP contribution is -2.35. The molecule has 3 N–H and O–H groups in total. The first-order valence-electron chi connectivity index (χ1n) is 7.85. The average Bonchev–Trinajstić information content (AvgIpc) is 2.98. The number of aryl methyl sites for hydroxylation is 1. The summed E-state index contributed by atoms with van der Waals surface area (Å²) in [5.74, 6) is 1.92. The third-order valence-corrected chi connectivity index (χ3v) is 4.96. The molecule has 0 aromatic carbocycles. The molecular formula is C15H24Cl2N6OS. The van der Waals surface area contributed by atoms with Crippen LogP contribution in [0.15, 0.2) is 6.07 Å². The third-order valence-electron chi connectivity index (χ3n) is 3.89. The van der Waals surface area contributed by atoms with E-state index in [1.807, 2.05) is 6.07 Å². The van der Waals surface area contributed by atoms with E-state index in [4.69, 9.17) is 10.5 Å². The normalized spacial score (nSPS) is 18.7. The number of ether oxygens (including phenoxy) is 1. The summed E-state index contributed by atoms with van der Waals surface area (Å²) in [6.07, 6.45) is 2.88. The van der Waals surface area contributed by atoms with Gasteiger partial charge in [-0.25, -0.2) is 9.97 Å². The maximum absolute atomic E-state index is 5.89. The highest BCUT2D eigenvalue weighted by molar-refractivity contribution is 7.11. The van der Waals surface area contributed by atoms with E-state index in [1.54, 1.807) is 18.4 Å². The van der Waals surface area contributed by atoms with E-state index in [1.165, 1.54) is 0 Å². The minimum absolute atomic E-state index is 0. The summed E-state index contributed by atoms with van der Waals surface area (Å²) in [5, 5.41) is 13.6. The van der Waals surface area contributed by atoms with Gasteiger partial charge in [-0.3, -0.25) is 0 Å². The largest absolute Gasteiger partial charge is 0.377 e. The van der Waals surface area contributed by atoms with E-state index >= 15 is 0 Å². The molecule has 3 rings (SSSR count). The summed E-state index contributed by atoms with van der Waals surface area (Å²) >= 11 is 1.62. The van der Waals surface area contributed by atoms with E-state index in [-0.39, 0.29) is 24.8 Å². The van der Waals surface area contributed by atoms with Gasteiger partial charge in [0.1, 0.15) is 22.4 Å². The van der Waals surface area contributed by atoms with Crippen molar-refractivity contribution in [2.45, 2.75) is 51.3 Å². The molecule has 2 aromatic heterocycles. The van der Waals surface area contributed by atoms with Crippen molar-refractivity contribution in [3.8, 4) is 0 Å². The first kappa shape index (κ1) is 22.0. The van der Waals surface area contributed by atoms with Crippen LogP contribution in [-0.2, 0) is 24.3 Å². The van der Waals surface area contributed by atoms with Crippen LogP contribution in [-0.4, -0.2) is 33.3 Å². The second kappa shape index (κ2) is 10.2. The number of rotatable bonds is 7. The van der Waals surface area contributed by atoms with Gasteiger partial charge in [0.2, 0.25) is 0 Å². The van der Waals surface area contributed by atoms with Crippen molar-refractivity contribution in [3.05, 3.63) is 27.6 Å². The molecule has 1 aliphatic rings. The molecule has 0 aliphatic heterocycles. The van der Waals surface area contributed by atoms with Crippen molar-refractivity contribution in [2.75, 3.05) is 12.4 Å². The predicted molar refractivity (Wildman–Crippen MR) is 104 cm³/mol. The van der Waals surface area contributed by atoms with Crippen molar-refractivity contribution in [3.63, 3.8) is 0 Å². The Morgan fingerprint density at radius 1 is 1.24 bits per heavy atom. The summed E-state index contributed by atoms with van der Waals surface area (Å²) in [4.78, 5) is 9.10. The van der Waals surface area contributed by atoms with Crippen LogP contribution < -0.4 is 11.1 Å². The Labute approximate surface area is 164 Å². The van der Waals surface area contributed by atoms with Crippen LogP contribution in [0.25, 0.3) is 0 Å². The fourth-order valence-corrected chi connectivity index (χ4v) is 3.31. The van der Waals surface area contributed by atoms with Crippen LogP contribution in [0, 0.1) is 0 Å². The topological polar surface area (TPSA) is 98.8 Å². The Bertz CT molecular complexity index is 665. The molecule has 1 saturated carbocycles. The van der Waals surface area contributed by atoms with E-state index < -0.39 is 0 Å². The standard InChI is InChI=1S/C15H22N6OS.2ClH/c1-3-14-20-21-15(23-14)7-17-12-6-11(9-4-10(16)5-9)18-13(19-12)8-22-2;;/h6,9-10H,3-5,7-8,16H2,1-2H3,(H,17,18,19);2*1H. The summed E-state index contributed by atoms with van der Waals surface area (Å²) in [5.41, 5.74) is 6.94. The Hall–Kier alpha value is -1.06. The molecule has 1 fully saturated rings. The van der Waals surface area contributed by atoms with Gasteiger partial charge in [0.15, 0.2) is 5.82 Å². The number of nitrogens with two attached hydrogens (primary N) is 1. The Kier molecular flexibility index (Phi) is 8.95. The number of halogens is 2.